The van der Waals surface area contributed by atoms with Gasteiger partial charge >= 0.3 is 0 Å². The van der Waals surface area contributed by atoms with Crippen LogP contribution in [0.5, 0.6) is 5.75 Å². The minimum absolute atomic E-state index is 0.00735. The molecule has 0 unspecified atom stereocenters. The summed E-state index contributed by atoms with van der Waals surface area (Å²) in [6.45, 7) is 0.00735. The molecule has 2 fully saturated rings. The van der Waals surface area contributed by atoms with Gasteiger partial charge < -0.3 is 9.47 Å². The van der Waals surface area contributed by atoms with E-state index in [1.165, 1.54) is 0 Å². The molecule has 36 heavy (non-hydrogen) atoms. The average molecular weight is 502 g/mol. The lowest BCUT2D eigenvalue weighted by molar-refractivity contribution is -0.145. The molecule has 1 spiro atoms. The fourth-order valence-electron chi connectivity index (χ4n) is 5.60. The summed E-state index contributed by atoms with van der Waals surface area (Å²) in [7, 11) is 1.55. The van der Waals surface area contributed by atoms with Crippen LogP contribution in [0.2, 0.25) is 5.02 Å². The maximum Gasteiger partial charge on any atom is 0.237 e. The van der Waals surface area contributed by atoms with E-state index >= 15 is 0 Å². The molecule has 2 saturated heterocycles. The SMILES string of the molecule is COc1ccc(CN2C(=O)[C@H]3[C@@H](c4ccc(Cl)cc4)OC4(C(=O)c5ccccc5C4=O)[C@@H]3C2=O)cc1. The number of halogens is 1. The van der Waals surface area contributed by atoms with Crippen molar-refractivity contribution in [2.45, 2.75) is 18.2 Å². The lowest BCUT2D eigenvalue weighted by atomic mass is 9.77. The molecule has 0 aromatic heterocycles. The molecule has 180 valence electrons. The van der Waals surface area contributed by atoms with Crippen LogP contribution in [0.4, 0.5) is 0 Å². The number of likely N-dealkylation sites (tertiary alicyclic amines) is 1. The summed E-state index contributed by atoms with van der Waals surface area (Å²) in [5.74, 6) is -3.88. The minimum atomic E-state index is -2.08. The number of benzene rings is 3. The molecule has 3 atom stereocenters. The smallest absolute Gasteiger partial charge is 0.237 e. The van der Waals surface area contributed by atoms with Crippen molar-refractivity contribution < 1.29 is 28.7 Å². The van der Waals surface area contributed by atoms with Crippen molar-refractivity contribution in [3.05, 3.63) is 100 Å². The Morgan fingerprint density at radius 3 is 2.06 bits per heavy atom. The number of hydrogen-bond acceptors (Lipinski definition) is 6. The fraction of sp³-hybridized carbons (Fsp3) is 0.214. The molecule has 0 saturated carbocycles. The quantitative estimate of drug-likeness (QED) is 0.396. The highest BCUT2D eigenvalue weighted by Gasteiger charge is 2.74. The van der Waals surface area contributed by atoms with Gasteiger partial charge in [-0.2, -0.15) is 0 Å². The van der Waals surface area contributed by atoms with Gasteiger partial charge in [-0.25, -0.2) is 0 Å². The zero-order valence-corrected chi connectivity index (χ0v) is 19.9. The molecule has 6 rings (SSSR count). The Bertz CT molecular complexity index is 1400. The van der Waals surface area contributed by atoms with Crippen LogP contribution in [0.15, 0.2) is 72.8 Å². The summed E-state index contributed by atoms with van der Waals surface area (Å²) in [6, 6.07) is 20.1. The van der Waals surface area contributed by atoms with Gasteiger partial charge in [0.2, 0.25) is 29.0 Å². The maximum absolute atomic E-state index is 13.8. The number of ketones is 2. The third-order valence-corrected chi connectivity index (χ3v) is 7.56. The highest BCUT2D eigenvalue weighted by molar-refractivity contribution is 6.35. The number of nitrogens with zero attached hydrogens (tertiary/aromatic N) is 1. The predicted molar refractivity (Wildman–Crippen MR) is 129 cm³/mol. The van der Waals surface area contributed by atoms with Crippen molar-refractivity contribution in [2.24, 2.45) is 11.8 Å². The number of carbonyl (C=O) groups is 4. The van der Waals surface area contributed by atoms with Gasteiger partial charge in [0.15, 0.2) is 0 Å². The van der Waals surface area contributed by atoms with Crippen LogP contribution in [0.25, 0.3) is 0 Å². The third kappa shape index (κ3) is 3.03. The minimum Gasteiger partial charge on any atom is -0.497 e. The van der Waals surface area contributed by atoms with Crippen LogP contribution < -0.4 is 4.74 Å². The highest BCUT2D eigenvalue weighted by Crippen LogP contribution is 2.57. The summed E-state index contributed by atoms with van der Waals surface area (Å²) < 4.78 is 11.4. The number of hydrogen-bond donors (Lipinski definition) is 0. The number of fused-ring (bicyclic) bond motifs is 3. The number of ether oxygens (including phenoxy) is 2. The second-order valence-electron chi connectivity index (χ2n) is 9.14. The van der Waals surface area contributed by atoms with Gasteiger partial charge in [-0.15, -0.1) is 0 Å². The van der Waals surface area contributed by atoms with E-state index in [-0.39, 0.29) is 17.7 Å². The molecule has 3 aromatic carbocycles. The van der Waals surface area contributed by atoms with Crippen LogP contribution in [0.3, 0.4) is 0 Å². The summed E-state index contributed by atoms with van der Waals surface area (Å²) in [4.78, 5) is 56.2. The first kappa shape index (κ1) is 22.6. The molecular weight excluding hydrogens is 482 g/mol. The molecular formula is C28H20ClNO6. The van der Waals surface area contributed by atoms with Crippen molar-refractivity contribution in [2.75, 3.05) is 7.11 Å². The largest absolute Gasteiger partial charge is 0.497 e. The molecule has 2 aliphatic heterocycles. The zero-order valence-electron chi connectivity index (χ0n) is 19.1. The van der Waals surface area contributed by atoms with Crippen LogP contribution in [-0.2, 0) is 20.9 Å². The molecule has 3 aromatic rings. The van der Waals surface area contributed by atoms with E-state index in [9.17, 15) is 19.2 Å². The number of amides is 2. The van der Waals surface area contributed by atoms with E-state index < -0.39 is 46.9 Å². The predicted octanol–water partition coefficient (Wildman–Crippen LogP) is 4.04. The molecule has 1 aliphatic carbocycles. The van der Waals surface area contributed by atoms with Crippen molar-refractivity contribution >= 4 is 35.0 Å². The second-order valence-corrected chi connectivity index (χ2v) is 9.58. The third-order valence-electron chi connectivity index (χ3n) is 7.31. The maximum atomic E-state index is 13.8. The van der Waals surface area contributed by atoms with Crippen molar-refractivity contribution in [1.82, 2.24) is 4.90 Å². The topological polar surface area (TPSA) is 90.0 Å². The van der Waals surface area contributed by atoms with Gasteiger partial charge in [-0.05, 0) is 35.4 Å². The van der Waals surface area contributed by atoms with E-state index in [0.717, 1.165) is 4.90 Å². The number of carbonyl (C=O) groups excluding carboxylic acids is 4. The first-order chi connectivity index (χ1) is 17.4. The van der Waals surface area contributed by atoms with Gasteiger partial charge in [0.05, 0.1) is 31.6 Å². The van der Waals surface area contributed by atoms with Crippen molar-refractivity contribution in [3.63, 3.8) is 0 Å². The first-order valence-electron chi connectivity index (χ1n) is 11.5. The summed E-state index contributed by atoms with van der Waals surface area (Å²) >= 11 is 6.06. The Kier molecular flexibility index (Phi) is 5.10. The molecule has 2 heterocycles. The van der Waals surface area contributed by atoms with Crippen molar-refractivity contribution in [3.8, 4) is 5.75 Å². The van der Waals surface area contributed by atoms with Gasteiger partial charge in [-0.3, -0.25) is 24.1 Å². The van der Waals surface area contributed by atoms with Crippen molar-refractivity contribution in [1.29, 1.82) is 0 Å². The lowest BCUT2D eigenvalue weighted by Crippen LogP contribution is -2.50. The van der Waals surface area contributed by atoms with Crippen LogP contribution in [0, 0.1) is 11.8 Å². The summed E-state index contributed by atoms with van der Waals surface area (Å²) in [5, 5.41) is 0.485. The molecule has 8 heteroatoms. The molecule has 2 amide bonds. The molecule has 7 nitrogen and oxygen atoms in total. The van der Waals surface area contributed by atoms with Gasteiger partial charge in [-0.1, -0.05) is 60.1 Å². The van der Waals surface area contributed by atoms with E-state index in [4.69, 9.17) is 21.1 Å². The average Bonchev–Trinajstić information content (AvgIpc) is 3.46. The Morgan fingerprint density at radius 1 is 0.861 bits per heavy atom. The molecule has 0 radical (unpaired) electrons. The zero-order chi connectivity index (χ0) is 25.2. The van der Waals surface area contributed by atoms with E-state index in [0.29, 0.717) is 21.9 Å². The second kappa shape index (κ2) is 8.11. The normalized spacial score (nSPS) is 23.9. The first-order valence-corrected chi connectivity index (χ1v) is 11.8. The van der Waals surface area contributed by atoms with Crippen LogP contribution >= 0.6 is 11.6 Å². The van der Waals surface area contributed by atoms with Crippen LogP contribution in [-0.4, -0.2) is 41.0 Å². The molecule has 0 bridgehead atoms. The Morgan fingerprint density at radius 2 is 1.47 bits per heavy atom. The van der Waals surface area contributed by atoms with Gasteiger partial charge in [0, 0.05) is 16.1 Å². The van der Waals surface area contributed by atoms with Crippen LogP contribution in [0.1, 0.15) is 37.9 Å². The number of methoxy groups -OCH3 is 1. The van der Waals surface area contributed by atoms with E-state index in [1.54, 1.807) is 79.9 Å². The molecule has 0 N–H and O–H groups in total. The number of imide groups is 1. The van der Waals surface area contributed by atoms with Gasteiger partial charge in [0.1, 0.15) is 5.75 Å². The van der Waals surface area contributed by atoms with Gasteiger partial charge in [0.25, 0.3) is 0 Å². The Labute approximate surface area is 211 Å². The van der Waals surface area contributed by atoms with E-state index in [2.05, 4.69) is 0 Å². The Balaban J connectivity index is 1.45. The fourth-order valence-corrected chi connectivity index (χ4v) is 5.73. The highest BCUT2D eigenvalue weighted by atomic mass is 35.5. The summed E-state index contributed by atoms with van der Waals surface area (Å²) in [5.41, 5.74) is -0.406. The standard InChI is InChI=1S/C28H20ClNO6/c1-35-18-12-6-15(7-13-18)14-30-26(33)21-22(27(30)34)28(36-23(21)16-8-10-17(29)11-9-16)24(31)19-4-2-3-5-20(19)25(28)32/h2-13,21-23H,14H2,1H3/t21-,22+,23-/m1/s1. The lowest BCUT2D eigenvalue weighted by Gasteiger charge is -2.27. The number of Topliss-reactive ketones (excluding diaryl/α,β-unsaturated/α-hetero) is 2. The molecule has 3 aliphatic rings. The monoisotopic (exact) mass is 501 g/mol. The number of rotatable bonds is 4. The Hall–Kier alpha value is -3.81. The summed E-state index contributed by atoms with van der Waals surface area (Å²) in [6.07, 6.45) is -0.966. The van der Waals surface area contributed by atoms with E-state index in [1.807, 2.05) is 0 Å².